The smallest absolute Gasteiger partial charge is 0.354 e. The van der Waals surface area contributed by atoms with Gasteiger partial charge in [0.15, 0.2) is 0 Å². The van der Waals surface area contributed by atoms with Crippen LogP contribution in [0.25, 0.3) is 11.0 Å². The molecule has 0 N–H and O–H groups in total. The molecule has 1 heterocycles. The third-order valence-electron chi connectivity index (χ3n) is 4.61. The van der Waals surface area contributed by atoms with Crippen LogP contribution in [0.1, 0.15) is 28.9 Å². The number of aryl methyl sites for hydroxylation is 1. The number of ether oxygens (including phenoxy) is 1. The first kappa shape index (κ1) is 21.5. The van der Waals surface area contributed by atoms with E-state index in [9.17, 15) is 4.79 Å². The lowest BCUT2D eigenvalue weighted by molar-refractivity contribution is 0.167. The Morgan fingerprint density at radius 1 is 1.14 bits per heavy atom. The summed E-state index contributed by atoms with van der Waals surface area (Å²) in [6, 6.07) is 18.1. The molecule has 0 amide bonds. The highest BCUT2D eigenvalue weighted by Crippen LogP contribution is 2.28. The van der Waals surface area contributed by atoms with Gasteiger partial charge in [-0.15, -0.1) is 11.8 Å². The van der Waals surface area contributed by atoms with Crippen molar-refractivity contribution in [2.24, 2.45) is 0 Å². The molecular formula is C23H23NO3S2. The molecule has 29 heavy (non-hydrogen) atoms. The maximum Gasteiger partial charge on any atom is 0.354 e. The number of nitrogens with zero attached hydrogens (tertiary/aromatic N) is 1. The molecule has 1 atom stereocenters. The van der Waals surface area contributed by atoms with Crippen LogP contribution < -0.4 is 5.63 Å². The maximum atomic E-state index is 11.9. The highest BCUT2D eigenvalue weighted by molar-refractivity contribution is 7.99. The van der Waals surface area contributed by atoms with Crippen LogP contribution in [0.3, 0.4) is 0 Å². The molecule has 0 saturated heterocycles. The predicted molar refractivity (Wildman–Crippen MR) is 121 cm³/mol. The Morgan fingerprint density at radius 2 is 1.90 bits per heavy atom. The number of thioether (sulfide) groups is 2. The fourth-order valence-corrected chi connectivity index (χ4v) is 4.69. The number of rotatable bonds is 9. The largest absolute Gasteiger partial charge is 0.422 e. The van der Waals surface area contributed by atoms with E-state index in [1.54, 1.807) is 18.7 Å². The predicted octanol–water partition coefficient (Wildman–Crippen LogP) is 5.58. The Balaban J connectivity index is 1.42. The van der Waals surface area contributed by atoms with Gasteiger partial charge in [-0.2, -0.15) is 17.0 Å². The molecule has 0 aliphatic rings. The van der Waals surface area contributed by atoms with Crippen LogP contribution in [0, 0.1) is 18.3 Å². The summed E-state index contributed by atoms with van der Waals surface area (Å²) >= 11 is 3.55. The van der Waals surface area contributed by atoms with Crippen LogP contribution >= 0.6 is 23.5 Å². The normalized spacial score (nSPS) is 12.0. The summed E-state index contributed by atoms with van der Waals surface area (Å²) in [7, 11) is 0. The van der Waals surface area contributed by atoms with E-state index in [1.165, 1.54) is 5.56 Å². The van der Waals surface area contributed by atoms with Crippen LogP contribution in [0.2, 0.25) is 0 Å². The van der Waals surface area contributed by atoms with Crippen LogP contribution in [0.15, 0.2) is 62.6 Å². The second kappa shape index (κ2) is 10.5. The summed E-state index contributed by atoms with van der Waals surface area (Å²) in [5.41, 5.74) is 2.02. The second-order valence-electron chi connectivity index (χ2n) is 6.54. The Kier molecular flexibility index (Phi) is 7.82. The van der Waals surface area contributed by atoms with Crippen molar-refractivity contribution in [3.63, 3.8) is 0 Å². The number of hydrogen-bond donors (Lipinski definition) is 0. The van der Waals surface area contributed by atoms with E-state index < -0.39 is 5.63 Å². The standard InChI is InChI=1S/C23H23NO3S2/c1-16-20-9-8-19(14-22(20)27-23(25)21(16)15-24)29-13-11-26-10-12-28-17(2)18-6-4-3-5-7-18/h3-9,14,17H,10-13H2,1-2H3. The third kappa shape index (κ3) is 5.66. The zero-order valence-electron chi connectivity index (χ0n) is 16.5. The quantitative estimate of drug-likeness (QED) is 0.253. The van der Waals surface area contributed by atoms with E-state index in [0.717, 1.165) is 28.4 Å². The van der Waals surface area contributed by atoms with E-state index in [4.69, 9.17) is 14.4 Å². The van der Waals surface area contributed by atoms with Crippen LogP contribution in [-0.2, 0) is 4.74 Å². The van der Waals surface area contributed by atoms with Crippen LogP contribution in [0.5, 0.6) is 0 Å². The highest BCUT2D eigenvalue weighted by atomic mass is 32.2. The first-order valence-corrected chi connectivity index (χ1v) is 11.5. The molecule has 0 radical (unpaired) electrons. The topological polar surface area (TPSA) is 63.2 Å². The molecule has 3 aromatic rings. The van der Waals surface area contributed by atoms with Crippen LogP contribution in [-0.4, -0.2) is 24.7 Å². The first-order valence-electron chi connectivity index (χ1n) is 9.45. The van der Waals surface area contributed by atoms with Gasteiger partial charge < -0.3 is 9.15 Å². The molecule has 1 unspecified atom stereocenters. The lowest BCUT2D eigenvalue weighted by Gasteiger charge is -2.11. The molecule has 0 bridgehead atoms. The van der Waals surface area contributed by atoms with Crippen molar-refractivity contribution >= 4 is 34.5 Å². The lowest BCUT2D eigenvalue weighted by atomic mass is 10.1. The van der Waals surface area contributed by atoms with E-state index in [1.807, 2.05) is 42.1 Å². The second-order valence-corrected chi connectivity index (χ2v) is 9.16. The summed E-state index contributed by atoms with van der Waals surface area (Å²) in [5, 5.41) is 10.3. The minimum absolute atomic E-state index is 0.0748. The molecule has 0 aliphatic heterocycles. The van der Waals surface area contributed by atoms with Crippen molar-refractivity contribution in [2.75, 3.05) is 24.7 Å². The van der Waals surface area contributed by atoms with E-state index >= 15 is 0 Å². The molecule has 2 aromatic carbocycles. The zero-order valence-corrected chi connectivity index (χ0v) is 18.1. The summed E-state index contributed by atoms with van der Waals surface area (Å²) in [6.07, 6.45) is 0. The minimum atomic E-state index is -0.579. The van der Waals surface area contributed by atoms with Gasteiger partial charge in [-0.1, -0.05) is 30.3 Å². The van der Waals surface area contributed by atoms with Gasteiger partial charge in [-0.05, 0) is 43.2 Å². The molecular weight excluding hydrogens is 402 g/mol. The van der Waals surface area contributed by atoms with Crippen molar-refractivity contribution in [1.82, 2.24) is 0 Å². The highest BCUT2D eigenvalue weighted by Gasteiger charge is 2.11. The lowest BCUT2D eigenvalue weighted by Crippen LogP contribution is -2.06. The average molecular weight is 426 g/mol. The fourth-order valence-electron chi connectivity index (χ4n) is 2.98. The van der Waals surface area contributed by atoms with E-state index in [-0.39, 0.29) is 5.56 Å². The summed E-state index contributed by atoms with van der Waals surface area (Å²) < 4.78 is 11.0. The Labute approximate surface area is 179 Å². The number of benzene rings is 2. The number of hydrogen-bond acceptors (Lipinski definition) is 6. The number of nitriles is 1. The molecule has 0 aliphatic carbocycles. The summed E-state index contributed by atoms with van der Waals surface area (Å²) in [5.74, 6) is 1.78. The van der Waals surface area contributed by atoms with Crippen molar-refractivity contribution < 1.29 is 9.15 Å². The summed E-state index contributed by atoms with van der Waals surface area (Å²) in [4.78, 5) is 12.9. The van der Waals surface area contributed by atoms with Crippen molar-refractivity contribution in [3.8, 4) is 6.07 Å². The Hall–Kier alpha value is -2.20. The minimum Gasteiger partial charge on any atom is -0.422 e. The molecule has 4 nitrogen and oxygen atoms in total. The SMILES string of the molecule is Cc1c(C#N)c(=O)oc2cc(SCCOCCSC(C)c3ccccc3)ccc12. The van der Waals surface area contributed by atoms with Gasteiger partial charge in [0, 0.05) is 27.0 Å². The Morgan fingerprint density at radius 3 is 2.66 bits per heavy atom. The van der Waals surface area contributed by atoms with Gasteiger partial charge in [0.05, 0.1) is 13.2 Å². The van der Waals surface area contributed by atoms with Crippen molar-refractivity contribution in [1.29, 1.82) is 5.26 Å². The zero-order chi connectivity index (χ0) is 20.6. The van der Waals surface area contributed by atoms with E-state index in [0.29, 0.717) is 23.0 Å². The third-order valence-corrected chi connectivity index (χ3v) is 6.74. The van der Waals surface area contributed by atoms with Gasteiger partial charge >= 0.3 is 5.63 Å². The van der Waals surface area contributed by atoms with Gasteiger partial charge in [0.1, 0.15) is 17.2 Å². The van der Waals surface area contributed by atoms with Gasteiger partial charge in [0.2, 0.25) is 0 Å². The van der Waals surface area contributed by atoms with Crippen LogP contribution in [0.4, 0.5) is 0 Å². The van der Waals surface area contributed by atoms with Gasteiger partial charge in [-0.25, -0.2) is 4.79 Å². The first-order chi connectivity index (χ1) is 14.1. The van der Waals surface area contributed by atoms with Crippen molar-refractivity contribution in [2.45, 2.75) is 24.0 Å². The van der Waals surface area contributed by atoms with Crippen molar-refractivity contribution in [3.05, 3.63) is 75.6 Å². The molecule has 1 aromatic heterocycles. The fraction of sp³-hybridized carbons (Fsp3) is 0.304. The number of fused-ring (bicyclic) bond motifs is 1. The molecule has 150 valence electrons. The van der Waals surface area contributed by atoms with Gasteiger partial charge in [-0.3, -0.25) is 0 Å². The molecule has 0 saturated carbocycles. The molecule has 3 rings (SSSR count). The maximum absolute atomic E-state index is 11.9. The average Bonchev–Trinajstić information content (AvgIpc) is 2.73. The monoisotopic (exact) mass is 425 g/mol. The van der Waals surface area contributed by atoms with Gasteiger partial charge in [0.25, 0.3) is 0 Å². The van der Waals surface area contributed by atoms with E-state index in [2.05, 4.69) is 31.2 Å². The summed E-state index contributed by atoms with van der Waals surface area (Å²) in [6.45, 7) is 5.38. The molecule has 0 spiro atoms. The molecule has 6 heteroatoms. The Bertz CT molecular complexity index is 1060. The molecule has 0 fully saturated rings.